The molecule has 0 spiro atoms. The Bertz CT molecular complexity index is 655. The molecule has 1 aromatic heterocycles. The fourth-order valence-corrected chi connectivity index (χ4v) is 3.80. The SMILES string of the molecule is CN(C)C(=O)C1CCN(c2nc3ccc(Cl)cc3s2)C1. The smallest absolute Gasteiger partial charge is 0.227 e. The molecule has 1 aromatic carbocycles. The first-order valence-corrected chi connectivity index (χ1v) is 7.76. The number of benzene rings is 1. The van der Waals surface area contributed by atoms with Gasteiger partial charge in [-0.3, -0.25) is 4.79 Å². The molecule has 0 N–H and O–H groups in total. The second-order valence-corrected chi connectivity index (χ2v) is 6.72. The van der Waals surface area contributed by atoms with Crippen LogP contribution in [-0.2, 0) is 4.79 Å². The highest BCUT2D eigenvalue weighted by molar-refractivity contribution is 7.22. The summed E-state index contributed by atoms with van der Waals surface area (Å²) in [7, 11) is 3.62. The number of halogens is 1. The van der Waals surface area contributed by atoms with E-state index >= 15 is 0 Å². The van der Waals surface area contributed by atoms with E-state index < -0.39 is 0 Å². The number of hydrogen-bond acceptors (Lipinski definition) is 4. The highest BCUT2D eigenvalue weighted by Crippen LogP contribution is 2.33. The van der Waals surface area contributed by atoms with Gasteiger partial charge in [-0.1, -0.05) is 22.9 Å². The van der Waals surface area contributed by atoms with Crippen LogP contribution in [0.4, 0.5) is 5.13 Å². The van der Waals surface area contributed by atoms with E-state index in [2.05, 4.69) is 9.88 Å². The van der Waals surface area contributed by atoms with E-state index in [1.165, 1.54) is 0 Å². The zero-order valence-corrected chi connectivity index (χ0v) is 13.0. The van der Waals surface area contributed by atoms with Crippen LogP contribution < -0.4 is 4.90 Å². The number of rotatable bonds is 2. The van der Waals surface area contributed by atoms with Gasteiger partial charge < -0.3 is 9.80 Å². The number of fused-ring (bicyclic) bond motifs is 1. The number of thiazole rings is 1. The second-order valence-electron chi connectivity index (χ2n) is 5.27. The van der Waals surface area contributed by atoms with Crippen LogP contribution in [0.5, 0.6) is 0 Å². The van der Waals surface area contributed by atoms with E-state index in [0.29, 0.717) is 0 Å². The lowest BCUT2D eigenvalue weighted by atomic mass is 10.1. The normalized spacial score (nSPS) is 18.8. The summed E-state index contributed by atoms with van der Waals surface area (Å²) in [4.78, 5) is 20.5. The van der Waals surface area contributed by atoms with Crippen molar-refractivity contribution in [2.45, 2.75) is 6.42 Å². The molecule has 1 aliphatic rings. The molecule has 1 aliphatic heterocycles. The minimum absolute atomic E-state index is 0.0839. The van der Waals surface area contributed by atoms with Crippen molar-refractivity contribution >= 4 is 44.2 Å². The van der Waals surface area contributed by atoms with Crippen molar-refractivity contribution < 1.29 is 4.79 Å². The monoisotopic (exact) mass is 309 g/mol. The Balaban J connectivity index is 1.81. The number of hydrogen-bond donors (Lipinski definition) is 0. The molecular weight excluding hydrogens is 294 g/mol. The maximum atomic E-state index is 12.0. The Labute approximate surface area is 127 Å². The highest BCUT2D eigenvalue weighted by atomic mass is 35.5. The molecule has 1 saturated heterocycles. The molecule has 1 atom stereocenters. The van der Waals surface area contributed by atoms with E-state index in [9.17, 15) is 4.79 Å². The van der Waals surface area contributed by atoms with Crippen LogP contribution in [0.2, 0.25) is 5.02 Å². The minimum Gasteiger partial charge on any atom is -0.349 e. The van der Waals surface area contributed by atoms with Crippen molar-refractivity contribution in [3.63, 3.8) is 0 Å². The summed E-state index contributed by atoms with van der Waals surface area (Å²) in [6.07, 6.45) is 0.897. The van der Waals surface area contributed by atoms with Crippen molar-refractivity contribution in [1.82, 2.24) is 9.88 Å². The molecule has 3 rings (SSSR count). The second kappa shape index (κ2) is 5.22. The number of nitrogens with zero attached hydrogens (tertiary/aromatic N) is 3. The van der Waals surface area contributed by atoms with Gasteiger partial charge >= 0.3 is 0 Å². The van der Waals surface area contributed by atoms with E-state index in [4.69, 9.17) is 11.6 Å². The first-order valence-electron chi connectivity index (χ1n) is 6.57. The summed E-state index contributed by atoms with van der Waals surface area (Å²) in [5.74, 6) is 0.289. The van der Waals surface area contributed by atoms with Crippen molar-refractivity contribution in [1.29, 1.82) is 0 Å². The quantitative estimate of drug-likeness (QED) is 0.856. The van der Waals surface area contributed by atoms with Gasteiger partial charge in [0.15, 0.2) is 5.13 Å². The summed E-state index contributed by atoms with van der Waals surface area (Å²) >= 11 is 7.64. The van der Waals surface area contributed by atoms with Gasteiger partial charge in [0.2, 0.25) is 5.91 Å². The third-order valence-electron chi connectivity index (χ3n) is 3.59. The summed E-state index contributed by atoms with van der Waals surface area (Å²) in [6, 6.07) is 5.74. The predicted octanol–water partition coefficient (Wildman–Crippen LogP) is 2.86. The van der Waals surface area contributed by atoms with Gasteiger partial charge in [0.05, 0.1) is 16.1 Å². The summed E-state index contributed by atoms with van der Waals surface area (Å²) < 4.78 is 1.09. The molecule has 1 fully saturated rings. The van der Waals surface area contributed by atoms with E-state index in [0.717, 1.165) is 39.9 Å². The Kier molecular flexibility index (Phi) is 3.56. The fraction of sp³-hybridized carbons (Fsp3) is 0.429. The van der Waals surface area contributed by atoms with Crippen molar-refractivity contribution in [3.05, 3.63) is 23.2 Å². The number of aromatic nitrogens is 1. The first-order chi connectivity index (χ1) is 9.54. The van der Waals surface area contributed by atoms with Gasteiger partial charge in [0.25, 0.3) is 0 Å². The highest BCUT2D eigenvalue weighted by Gasteiger charge is 2.30. The van der Waals surface area contributed by atoms with Crippen molar-refractivity contribution in [2.75, 3.05) is 32.1 Å². The fourth-order valence-electron chi connectivity index (χ4n) is 2.52. The van der Waals surface area contributed by atoms with Crippen LogP contribution in [0.1, 0.15) is 6.42 Å². The first kappa shape index (κ1) is 13.6. The molecular formula is C14H16ClN3OS. The Morgan fingerprint density at radius 3 is 3.05 bits per heavy atom. The van der Waals surface area contributed by atoms with Crippen LogP contribution >= 0.6 is 22.9 Å². The van der Waals surface area contributed by atoms with Gasteiger partial charge in [-0.15, -0.1) is 0 Å². The lowest BCUT2D eigenvalue weighted by molar-refractivity contribution is -0.132. The van der Waals surface area contributed by atoms with Crippen molar-refractivity contribution in [3.8, 4) is 0 Å². The summed E-state index contributed by atoms with van der Waals surface area (Å²) in [6.45, 7) is 1.64. The molecule has 2 aromatic rings. The topological polar surface area (TPSA) is 36.4 Å². The van der Waals surface area contributed by atoms with Gasteiger partial charge in [-0.25, -0.2) is 4.98 Å². The zero-order valence-electron chi connectivity index (χ0n) is 11.5. The van der Waals surface area contributed by atoms with Crippen LogP contribution in [0.25, 0.3) is 10.2 Å². The number of carbonyl (C=O) groups excluding carboxylic acids is 1. The predicted molar refractivity (Wildman–Crippen MR) is 83.6 cm³/mol. The molecule has 6 heteroatoms. The lowest BCUT2D eigenvalue weighted by Gasteiger charge is -2.17. The molecule has 106 valence electrons. The van der Waals surface area contributed by atoms with E-state index in [-0.39, 0.29) is 11.8 Å². The zero-order chi connectivity index (χ0) is 14.3. The van der Waals surface area contributed by atoms with Crippen molar-refractivity contribution in [2.24, 2.45) is 5.92 Å². The number of carbonyl (C=O) groups is 1. The maximum Gasteiger partial charge on any atom is 0.227 e. The van der Waals surface area contributed by atoms with Gasteiger partial charge in [-0.2, -0.15) is 0 Å². The summed E-state index contributed by atoms with van der Waals surface area (Å²) in [5, 5.41) is 1.71. The van der Waals surface area contributed by atoms with E-state index in [1.54, 1.807) is 16.2 Å². The van der Waals surface area contributed by atoms with Gasteiger partial charge in [-0.05, 0) is 24.6 Å². The molecule has 1 unspecified atom stereocenters. The molecule has 2 heterocycles. The number of amides is 1. The summed E-state index contributed by atoms with van der Waals surface area (Å²) in [5.41, 5.74) is 0.969. The van der Waals surface area contributed by atoms with Crippen LogP contribution in [-0.4, -0.2) is 43.0 Å². The third kappa shape index (κ3) is 2.47. The largest absolute Gasteiger partial charge is 0.349 e. The third-order valence-corrected chi connectivity index (χ3v) is 4.90. The van der Waals surface area contributed by atoms with Gasteiger partial charge in [0, 0.05) is 32.2 Å². The Morgan fingerprint density at radius 1 is 1.50 bits per heavy atom. The Morgan fingerprint density at radius 2 is 2.30 bits per heavy atom. The molecule has 0 bridgehead atoms. The maximum absolute atomic E-state index is 12.0. The minimum atomic E-state index is 0.0839. The van der Waals surface area contributed by atoms with Crippen LogP contribution in [0.3, 0.4) is 0 Å². The molecule has 0 radical (unpaired) electrons. The average molecular weight is 310 g/mol. The molecule has 0 saturated carbocycles. The molecule has 0 aliphatic carbocycles. The number of anilines is 1. The molecule has 4 nitrogen and oxygen atoms in total. The van der Waals surface area contributed by atoms with E-state index in [1.807, 2.05) is 32.3 Å². The van der Waals surface area contributed by atoms with Crippen LogP contribution in [0, 0.1) is 5.92 Å². The molecule has 20 heavy (non-hydrogen) atoms. The average Bonchev–Trinajstić information content (AvgIpc) is 3.02. The molecule has 1 amide bonds. The van der Waals surface area contributed by atoms with Gasteiger partial charge in [0.1, 0.15) is 0 Å². The van der Waals surface area contributed by atoms with Crippen LogP contribution in [0.15, 0.2) is 18.2 Å². The lowest BCUT2D eigenvalue weighted by Crippen LogP contribution is -2.31. The standard InChI is InChI=1S/C14H16ClN3OS/c1-17(2)13(19)9-5-6-18(8-9)14-16-11-4-3-10(15)7-12(11)20-14/h3-4,7,9H,5-6,8H2,1-2H3. The Hall–Kier alpha value is -1.33.